The van der Waals surface area contributed by atoms with Gasteiger partial charge in [0.05, 0.1) is 11.6 Å². The van der Waals surface area contributed by atoms with Crippen molar-refractivity contribution in [2.45, 2.75) is 12.5 Å². The molecule has 0 aliphatic rings. The number of rotatable bonds is 4. The fraction of sp³-hybridized carbons (Fsp3) is 0.273. The van der Waals surface area contributed by atoms with Gasteiger partial charge in [-0.25, -0.2) is 9.59 Å². The summed E-state index contributed by atoms with van der Waals surface area (Å²) in [6.45, 7) is 0.671. The van der Waals surface area contributed by atoms with Crippen LogP contribution in [0, 0.1) is 0 Å². The molecule has 0 spiro atoms. The van der Waals surface area contributed by atoms with Crippen molar-refractivity contribution in [1.29, 1.82) is 0 Å². The van der Waals surface area contributed by atoms with Gasteiger partial charge >= 0.3 is 12.0 Å². The molecule has 19 heavy (non-hydrogen) atoms. The Morgan fingerprint density at radius 1 is 1.47 bits per heavy atom. The highest BCUT2D eigenvalue weighted by molar-refractivity contribution is 9.10. The standard InChI is InChI=1S/C11H12BrClN2O4/c1-11(19,9(16)17)5-14-10(18)15-6-2-3-7(12)8(13)4-6/h2-4,19H,5H2,1H3,(H,16,17)(H2,14,15,18). The fourth-order valence-corrected chi connectivity index (χ4v) is 1.50. The van der Waals surface area contributed by atoms with Gasteiger partial charge in [-0.05, 0) is 41.1 Å². The molecule has 1 aromatic carbocycles. The van der Waals surface area contributed by atoms with E-state index < -0.39 is 24.1 Å². The predicted molar refractivity (Wildman–Crippen MR) is 74.4 cm³/mol. The molecule has 8 heteroatoms. The van der Waals surface area contributed by atoms with Gasteiger partial charge in [-0.15, -0.1) is 0 Å². The van der Waals surface area contributed by atoms with Crippen LogP contribution in [-0.2, 0) is 4.79 Å². The summed E-state index contributed by atoms with van der Waals surface area (Å²) >= 11 is 9.06. The quantitative estimate of drug-likeness (QED) is 0.667. The Morgan fingerprint density at radius 3 is 2.63 bits per heavy atom. The maximum Gasteiger partial charge on any atom is 0.337 e. The maximum atomic E-state index is 11.5. The smallest absolute Gasteiger partial charge is 0.337 e. The number of benzene rings is 1. The number of aliphatic carboxylic acids is 1. The molecule has 0 aliphatic heterocycles. The first-order valence-corrected chi connectivity index (χ1v) is 6.35. The van der Waals surface area contributed by atoms with Crippen molar-refractivity contribution in [3.05, 3.63) is 27.7 Å². The van der Waals surface area contributed by atoms with E-state index in [9.17, 15) is 14.7 Å². The van der Waals surface area contributed by atoms with Gasteiger partial charge in [-0.1, -0.05) is 11.6 Å². The zero-order valence-corrected chi connectivity index (χ0v) is 12.2. The summed E-state index contributed by atoms with van der Waals surface area (Å²) in [6.07, 6.45) is 0. The third-order valence-corrected chi connectivity index (χ3v) is 3.46. The molecule has 1 unspecified atom stereocenters. The van der Waals surface area contributed by atoms with Crippen LogP contribution in [0.2, 0.25) is 5.02 Å². The molecule has 1 atom stereocenters. The van der Waals surface area contributed by atoms with Gasteiger partial charge in [0.25, 0.3) is 0 Å². The van der Waals surface area contributed by atoms with E-state index in [-0.39, 0.29) is 0 Å². The van der Waals surface area contributed by atoms with Crippen molar-refractivity contribution in [2.24, 2.45) is 0 Å². The molecule has 0 fully saturated rings. The van der Waals surface area contributed by atoms with Gasteiger partial charge in [0.15, 0.2) is 5.60 Å². The second kappa shape index (κ2) is 6.23. The lowest BCUT2D eigenvalue weighted by atomic mass is 10.1. The van der Waals surface area contributed by atoms with Crippen LogP contribution in [0.15, 0.2) is 22.7 Å². The Hall–Kier alpha value is -1.31. The zero-order valence-electron chi connectivity index (χ0n) is 9.91. The van der Waals surface area contributed by atoms with E-state index in [1.165, 1.54) is 6.07 Å². The molecule has 0 aromatic heterocycles. The first-order chi connectivity index (χ1) is 8.72. The van der Waals surface area contributed by atoms with Crippen molar-refractivity contribution in [2.75, 3.05) is 11.9 Å². The van der Waals surface area contributed by atoms with Gasteiger partial charge in [0.1, 0.15) is 0 Å². The number of hydrogen-bond donors (Lipinski definition) is 4. The third-order valence-electron chi connectivity index (χ3n) is 2.23. The molecule has 1 rings (SSSR count). The minimum atomic E-state index is -2.02. The summed E-state index contributed by atoms with van der Waals surface area (Å²) in [4.78, 5) is 22.1. The Balaban J connectivity index is 2.56. The molecule has 0 bridgehead atoms. The fourth-order valence-electron chi connectivity index (χ4n) is 1.08. The number of urea groups is 1. The molecule has 104 valence electrons. The predicted octanol–water partition coefficient (Wildman–Crippen LogP) is 2.06. The molecule has 0 aliphatic carbocycles. The summed E-state index contributed by atoms with van der Waals surface area (Å²) in [7, 11) is 0. The number of anilines is 1. The molecule has 0 saturated carbocycles. The molecule has 0 radical (unpaired) electrons. The van der Waals surface area contributed by atoms with Crippen LogP contribution in [-0.4, -0.2) is 34.4 Å². The number of amides is 2. The Bertz CT molecular complexity index is 507. The highest BCUT2D eigenvalue weighted by Gasteiger charge is 2.30. The topological polar surface area (TPSA) is 98.7 Å². The van der Waals surface area contributed by atoms with E-state index >= 15 is 0 Å². The van der Waals surface area contributed by atoms with E-state index in [0.717, 1.165) is 6.92 Å². The van der Waals surface area contributed by atoms with Crippen LogP contribution in [0.4, 0.5) is 10.5 Å². The zero-order chi connectivity index (χ0) is 14.6. The van der Waals surface area contributed by atoms with E-state index in [0.29, 0.717) is 15.2 Å². The van der Waals surface area contributed by atoms with Gasteiger partial charge in [0.2, 0.25) is 0 Å². The van der Waals surface area contributed by atoms with Crippen LogP contribution in [0.25, 0.3) is 0 Å². The minimum Gasteiger partial charge on any atom is -0.479 e. The first kappa shape index (κ1) is 15.7. The number of nitrogens with one attached hydrogen (secondary N) is 2. The SMILES string of the molecule is CC(O)(CNC(=O)Nc1ccc(Br)c(Cl)c1)C(=O)O. The van der Waals surface area contributed by atoms with Gasteiger partial charge < -0.3 is 20.8 Å². The van der Waals surface area contributed by atoms with Crippen LogP contribution >= 0.6 is 27.5 Å². The average Bonchev–Trinajstić information content (AvgIpc) is 2.31. The normalized spacial score (nSPS) is 13.5. The van der Waals surface area contributed by atoms with E-state index in [2.05, 4.69) is 26.6 Å². The molecule has 6 nitrogen and oxygen atoms in total. The molecule has 2 amide bonds. The van der Waals surface area contributed by atoms with Gasteiger partial charge in [-0.2, -0.15) is 0 Å². The molecular formula is C11H12BrClN2O4. The van der Waals surface area contributed by atoms with Crippen LogP contribution in [0.5, 0.6) is 0 Å². The Kier molecular flexibility index (Phi) is 5.16. The summed E-state index contributed by atoms with van der Waals surface area (Å²) in [5, 5.41) is 23.2. The van der Waals surface area contributed by atoms with E-state index in [1.54, 1.807) is 12.1 Å². The third kappa shape index (κ3) is 4.70. The number of carbonyl (C=O) groups is 2. The summed E-state index contributed by atoms with van der Waals surface area (Å²) in [5.74, 6) is -1.42. The second-order valence-corrected chi connectivity index (χ2v) is 5.28. The molecule has 4 N–H and O–H groups in total. The molecular weight excluding hydrogens is 339 g/mol. The van der Waals surface area contributed by atoms with E-state index in [4.69, 9.17) is 16.7 Å². The lowest BCUT2D eigenvalue weighted by molar-refractivity contribution is -0.155. The van der Waals surface area contributed by atoms with Crippen LogP contribution < -0.4 is 10.6 Å². The first-order valence-electron chi connectivity index (χ1n) is 5.18. The number of carboxylic acid groups (broad SMARTS) is 1. The molecule has 0 saturated heterocycles. The average molecular weight is 352 g/mol. The summed E-state index contributed by atoms with van der Waals surface area (Å²) in [6, 6.07) is 4.16. The largest absolute Gasteiger partial charge is 0.479 e. The minimum absolute atomic E-state index is 0.418. The molecule has 0 heterocycles. The number of hydrogen-bond acceptors (Lipinski definition) is 3. The number of carboxylic acids is 1. The van der Waals surface area contributed by atoms with Crippen molar-refractivity contribution in [3.63, 3.8) is 0 Å². The van der Waals surface area contributed by atoms with Crippen molar-refractivity contribution in [1.82, 2.24) is 5.32 Å². The number of halogens is 2. The van der Waals surface area contributed by atoms with Gasteiger partial charge in [-0.3, -0.25) is 0 Å². The molecule has 1 aromatic rings. The summed E-state index contributed by atoms with van der Waals surface area (Å²) < 4.78 is 0.689. The van der Waals surface area contributed by atoms with Crippen molar-refractivity contribution >= 4 is 45.2 Å². The highest BCUT2D eigenvalue weighted by Crippen LogP contribution is 2.25. The second-order valence-electron chi connectivity index (χ2n) is 4.02. The van der Waals surface area contributed by atoms with E-state index in [1.807, 2.05) is 0 Å². The van der Waals surface area contributed by atoms with Gasteiger partial charge in [0, 0.05) is 10.2 Å². The highest BCUT2D eigenvalue weighted by atomic mass is 79.9. The van der Waals surface area contributed by atoms with Crippen molar-refractivity contribution < 1.29 is 19.8 Å². The number of aliphatic hydroxyl groups is 1. The monoisotopic (exact) mass is 350 g/mol. The van der Waals surface area contributed by atoms with Crippen LogP contribution in [0.3, 0.4) is 0 Å². The Morgan fingerprint density at radius 2 is 2.11 bits per heavy atom. The van der Waals surface area contributed by atoms with Crippen molar-refractivity contribution in [3.8, 4) is 0 Å². The lowest BCUT2D eigenvalue weighted by Crippen LogP contribution is -2.47. The lowest BCUT2D eigenvalue weighted by Gasteiger charge is -2.18. The maximum absolute atomic E-state index is 11.5. The summed E-state index contributed by atoms with van der Waals surface area (Å²) in [5.41, 5.74) is -1.57. The number of carbonyl (C=O) groups excluding carboxylic acids is 1. The van der Waals surface area contributed by atoms with Crippen LogP contribution in [0.1, 0.15) is 6.92 Å². The Labute approximate surface area is 122 Å².